The summed E-state index contributed by atoms with van der Waals surface area (Å²) in [4.78, 5) is 30.4. The van der Waals surface area contributed by atoms with Crippen LogP contribution in [0.1, 0.15) is 40.2 Å². The molecule has 0 radical (unpaired) electrons. The lowest BCUT2D eigenvalue weighted by atomic mass is 10.1. The standard InChI is InChI=1S/C21H28N6O2/c1-14-4-7-18(15(2)12-14)27-23-16(3)20(24-27)21(29)26-10-8-25(9-11-26)13-19(28)22-17-5-6-17/h4,7,12,17H,5-6,8-11,13H2,1-3H3,(H,22,28). The molecule has 4 rings (SSSR count). The number of hydrogen-bond donors (Lipinski definition) is 1. The average molecular weight is 396 g/mol. The summed E-state index contributed by atoms with van der Waals surface area (Å²) < 4.78 is 0. The Bertz CT molecular complexity index is 925. The summed E-state index contributed by atoms with van der Waals surface area (Å²) in [6, 6.07) is 6.45. The Morgan fingerprint density at radius 3 is 2.45 bits per heavy atom. The predicted octanol–water partition coefficient (Wildman–Crippen LogP) is 1.23. The molecule has 2 heterocycles. The molecule has 29 heavy (non-hydrogen) atoms. The van der Waals surface area contributed by atoms with E-state index in [-0.39, 0.29) is 11.8 Å². The third-order valence-electron chi connectivity index (χ3n) is 5.52. The number of nitrogens with one attached hydrogen (secondary N) is 1. The fraction of sp³-hybridized carbons (Fsp3) is 0.524. The molecule has 154 valence electrons. The van der Waals surface area contributed by atoms with Gasteiger partial charge in [0.2, 0.25) is 5.91 Å². The number of aromatic nitrogens is 3. The van der Waals surface area contributed by atoms with Gasteiger partial charge in [-0.1, -0.05) is 17.7 Å². The molecular formula is C21H28N6O2. The van der Waals surface area contributed by atoms with Gasteiger partial charge in [-0.15, -0.1) is 5.10 Å². The van der Waals surface area contributed by atoms with Gasteiger partial charge in [-0.25, -0.2) is 0 Å². The van der Waals surface area contributed by atoms with E-state index in [4.69, 9.17) is 0 Å². The van der Waals surface area contributed by atoms with Crippen LogP contribution in [0.2, 0.25) is 0 Å². The van der Waals surface area contributed by atoms with Gasteiger partial charge < -0.3 is 10.2 Å². The van der Waals surface area contributed by atoms with Gasteiger partial charge in [-0.2, -0.15) is 9.90 Å². The molecule has 8 heteroatoms. The first-order valence-corrected chi connectivity index (χ1v) is 10.2. The molecule has 1 aromatic heterocycles. The van der Waals surface area contributed by atoms with E-state index in [1.165, 1.54) is 5.56 Å². The predicted molar refractivity (Wildman–Crippen MR) is 109 cm³/mol. The minimum absolute atomic E-state index is 0.0829. The van der Waals surface area contributed by atoms with E-state index in [9.17, 15) is 9.59 Å². The number of carbonyl (C=O) groups excluding carboxylic acids is 2. The SMILES string of the molecule is Cc1ccc(-n2nc(C)c(C(=O)N3CCN(CC(=O)NC4CC4)CC3)n2)c(C)c1. The van der Waals surface area contributed by atoms with Crippen molar-refractivity contribution >= 4 is 11.8 Å². The van der Waals surface area contributed by atoms with Crippen LogP contribution in [0.4, 0.5) is 0 Å². The van der Waals surface area contributed by atoms with Crippen molar-refractivity contribution in [2.24, 2.45) is 0 Å². The molecule has 1 aromatic carbocycles. The minimum Gasteiger partial charge on any atom is -0.352 e. The summed E-state index contributed by atoms with van der Waals surface area (Å²) in [5.41, 5.74) is 4.14. The van der Waals surface area contributed by atoms with Gasteiger partial charge in [-0.3, -0.25) is 14.5 Å². The van der Waals surface area contributed by atoms with Crippen LogP contribution in [0.3, 0.4) is 0 Å². The summed E-state index contributed by atoms with van der Waals surface area (Å²) in [5.74, 6) is -0.0138. The van der Waals surface area contributed by atoms with Crippen LogP contribution >= 0.6 is 0 Å². The van der Waals surface area contributed by atoms with Crippen LogP contribution in [0.5, 0.6) is 0 Å². The molecule has 0 unspecified atom stereocenters. The zero-order chi connectivity index (χ0) is 20.5. The maximum absolute atomic E-state index is 13.0. The molecule has 2 aliphatic rings. The molecule has 0 atom stereocenters. The molecule has 1 N–H and O–H groups in total. The van der Waals surface area contributed by atoms with Crippen molar-refractivity contribution < 1.29 is 9.59 Å². The Morgan fingerprint density at radius 2 is 1.79 bits per heavy atom. The Morgan fingerprint density at radius 1 is 1.07 bits per heavy atom. The molecule has 0 bridgehead atoms. The fourth-order valence-electron chi connectivity index (χ4n) is 3.68. The minimum atomic E-state index is -0.0967. The highest BCUT2D eigenvalue weighted by Crippen LogP contribution is 2.19. The first-order valence-electron chi connectivity index (χ1n) is 10.2. The normalized spacial score (nSPS) is 17.4. The summed E-state index contributed by atoms with van der Waals surface area (Å²) in [6.07, 6.45) is 2.19. The van der Waals surface area contributed by atoms with Gasteiger partial charge >= 0.3 is 0 Å². The Labute approximate surface area is 170 Å². The lowest BCUT2D eigenvalue weighted by Crippen LogP contribution is -2.51. The molecule has 8 nitrogen and oxygen atoms in total. The molecule has 2 aromatic rings. The van der Waals surface area contributed by atoms with E-state index < -0.39 is 0 Å². The number of benzene rings is 1. The maximum atomic E-state index is 13.0. The topological polar surface area (TPSA) is 83.4 Å². The van der Waals surface area contributed by atoms with E-state index in [2.05, 4.69) is 26.5 Å². The number of aryl methyl sites for hydroxylation is 3. The van der Waals surface area contributed by atoms with Crippen LogP contribution in [-0.4, -0.2) is 75.4 Å². The molecule has 1 aliphatic carbocycles. The van der Waals surface area contributed by atoms with Crippen molar-refractivity contribution in [3.8, 4) is 5.69 Å². The third kappa shape index (κ3) is 4.48. The van der Waals surface area contributed by atoms with Crippen molar-refractivity contribution in [3.05, 3.63) is 40.7 Å². The summed E-state index contributed by atoms with van der Waals surface area (Å²) >= 11 is 0. The van der Waals surface area contributed by atoms with E-state index in [1.807, 2.05) is 32.9 Å². The summed E-state index contributed by atoms with van der Waals surface area (Å²) in [6.45, 7) is 8.84. The maximum Gasteiger partial charge on any atom is 0.276 e. The Hall–Kier alpha value is -2.74. The number of nitrogens with zero attached hydrogens (tertiary/aromatic N) is 5. The second-order valence-corrected chi connectivity index (χ2v) is 8.12. The highest BCUT2D eigenvalue weighted by atomic mass is 16.2. The fourth-order valence-corrected chi connectivity index (χ4v) is 3.68. The number of hydrogen-bond acceptors (Lipinski definition) is 5. The molecule has 2 fully saturated rings. The summed E-state index contributed by atoms with van der Waals surface area (Å²) in [5, 5.41) is 12.0. The first-order chi connectivity index (χ1) is 13.9. The highest BCUT2D eigenvalue weighted by molar-refractivity contribution is 5.93. The molecule has 2 amide bonds. The summed E-state index contributed by atoms with van der Waals surface area (Å²) in [7, 11) is 0. The van der Waals surface area contributed by atoms with Gasteiger partial charge in [0.1, 0.15) is 0 Å². The van der Waals surface area contributed by atoms with Crippen LogP contribution in [-0.2, 0) is 4.79 Å². The van der Waals surface area contributed by atoms with Gasteiger partial charge in [0, 0.05) is 32.2 Å². The van der Waals surface area contributed by atoms with Crippen molar-refractivity contribution in [2.75, 3.05) is 32.7 Å². The Balaban J connectivity index is 1.38. The van der Waals surface area contributed by atoms with Crippen molar-refractivity contribution in [3.63, 3.8) is 0 Å². The molecule has 1 aliphatic heterocycles. The smallest absolute Gasteiger partial charge is 0.276 e. The van der Waals surface area contributed by atoms with Crippen LogP contribution in [0.25, 0.3) is 5.69 Å². The van der Waals surface area contributed by atoms with E-state index >= 15 is 0 Å². The Kier molecular flexibility index (Phi) is 5.36. The van der Waals surface area contributed by atoms with Gasteiger partial charge in [0.25, 0.3) is 5.91 Å². The average Bonchev–Trinajstić information content (AvgIpc) is 3.41. The van der Waals surface area contributed by atoms with Crippen LogP contribution < -0.4 is 5.32 Å². The molecular weight excluding hydrogens is 368 g/mol. The van der Waals surface area contributed by atoms with Crippen molar-refractivity contribution in [1.29, 1.82) is 0 Å². The van der Waals surface area contributed by atoms with Gasteiger partial charge in [-0.05, 0) is 45.2 Å². The van der Waals surface area contributed by atoms with Gasteiger partial charge in [0.15, 0.2) is 5.69 Å². The number of carbonyl (C=O) groups is 2. The van der Waals surface area contributed by atoms with E-state index in [0.717, 1.165) is 24.1 Å². The second-order valence-electron chi connectivity index (χ2n) is 8.12. The lowest BCUT2D eigenvalue weighted by Gasteiger charge is -2.34. The van der Waals surface area contributed by atoms with Crippen LogP contribution in [0.15, 0.2) is 18.2 Å². The van der Waals surface area contributed by atoms with Crippen molar-refractivity contribution in [1.82, 2.24) is 30.1 Å². The number of amides is 2. The zero-order valence-electron chi connectivity index (χ0n) is 17.3. The van der Waals surface area contributed by atoms with Crippen molar-refractivity contribution in [2.45, 2.75) is 39.7 Å². The molecule has 0 spiro atoms. The second kappa shape index (κ2) is 7.94. The first kappa shape index (κ1) is 19.6. The number of rotatable bonds is 5. The van der Waals surface area contributed by atoms with E-state index in [1.54, 1.807) is 9.70 Å². The largest absolute Gasteiger partial charge is 0.352 e. The van der Waals surface area contributed by atoms with Gasteiger partial charge in [0.05, 0.1) is 17.9 Å². The lowest BCUT2D eigenvalue weighted by molar-refractivity contribution is -0.122. The molecule has 1 saturated carbocycles. The number of piperazine rings is 1. The van der Waals surface area contributed by atoms with E-state index in [0.29, 0.717) is 50.2 Å². The third-order valence-corrected chi connectivity index (χ3v) is 5.52. The zero-order valence-corrected chi connectivity index (χ0v) is 17.3. The quantitative estimate of drug-likeness (QED) is 0.822. The molecule has 1 saturated heterocycles. The van der Waals surface area contributed by atoms with Crippen LogP contribution in [0, 0.1) is 20.8 Å². The monoisotopic (exact) mass is 396 g/mol. The highest BCUT2D eigenvalue weighted by Gasteiger charge is 2.28.